The van der Waals surface area contributed by atoms with Crippen LogP contribution in [0.15, 0.2) is 41.1 Å². The number of fused-ring (bicyclic) bond motifs is 1. The highest BCUT2D eigenvalue weighted by Gasteiger charge is 2.18. The predicted molar refractivity (Wildman–Crippen MR) is 102 cm³/mol. The van der Waals surface area contributed by atoms with Crippen LogP contribution in [0, 0.1) is 13.8 Å². The summed E-state index contributed by atoms with van der Waals surface area (Å²) in [5.41, 5.74) is 3.23. The standard InChI is InChI=1S/C18H18BrN5O2/c1-11-4-5-13(19)10-14(11)22-15(25)6-8-21-18(26)16-12(2)23-24-9-3-7-20-17(16)24/h3-5,7,9-10H,6,8H2,1-2H3,(H,21,26)(H,22,25). The maximum atomic E-state index is 12.4. The van der Waals surface area contributed by atoms with Crippen molar-refractivity contribution in [1.29, 1.82) is 0 Å². The summed E-state index contributed by atoms with van der Waals surface area (Å²) in [6.45, 7) is 3.90. The maximum absolute atomic E-state index is 12.4. The Morgan fingerprint density at radius 1 is 1.27 bits per heavy atom. The summed E-state index contributed by atoms with van der Waals surface area (Å²) in [7, 11) is 0. The molecule has 0 saturated carbocycles. The van der Waals surface area contributed by atoms with E-state index in [0.29, 0.717) is 16.9 Å². The summed E-state index contributed by atoms with van der Waals surface area (Å²) in [5.74, 6) is -0.455. The van der Waals surface area contributed by atoms with Gasteiger partial charge in [0.15, 0.2) is 5.65 Å². The monoisotopic (exact) mass is 415 g/mol. The number of nitrogens with one attached hydrogen (secondary N) is 2. The van der Waals surface area contributed by atoms with Gasteiger partial charge in [-0.25, -0.2) is 9.50 Å². The topological polar surface area (TPSA) is 88.4 Å². The maximum Gasteiger partial charge on any atom is 0.257 e. The zero-order valence-electron chi connectivity index (χ0n) is 14.4. The highest BCUT2D eigenvalue weighted by Crippen LogP contribution is 2.20. The first-order valence-corrected chi connectivity index (χ1v) is 8.89. The minimum Gasteiger partial charge on any atom is -0.351 e. The third-order valence-electron chi connectivity index (χ3n) is 3.91. The van der Waals surface area contributed by atoms with Crippen molar-refractivity contribution in [2.75, 3.05) is 11.9 Å². The van der Waals surface area contributed by atoms with Crippen molar-refractivity contribution in [2.24, 2.45) is 0 Å². The summed E-state index contributed by atoms with van der Waals surface area (Å²) in [6, 6.07) is 7.43. The fourth-order valence-electron chi connectivity index (χ4n) is 2.58. The van der Waals surface area contributed by atoms with Gasteiger partial charge in [-0.15, -0.1) is 0 Å². The molecule has 0 bridgehead atoms. The van der Waals surface area contributed by atoms with Gasteiger partial charge in [0, 0.05) is 35.5 Å². The summed E-state index contributed by atoms with van der Waals surface area (Å²) in [4.78, 5) is 28.7. The lowest BCUT2D eigenvalue weighted by atomic mass is 10.2. The van der Waals surface area contributed by atoms with E-state index >= 15 is 0 Å². The van der Waals surface area contributed by atoms with Crippen LogP contribution in [-0.4, -0.2) is 33.0 Å². The van der Waals surface area contributed by atoms with Crippen molar-refractivity contribution in [3.63, 3.8) is 0 Å². The van der Waals surface area contributed by atoms with E-state index in [4.69, 9.17) is 0 Å². The molecule has 2 N–H and O–H groups in total. The number of aromatic nitrogens is 3. The van der Waals surface area contributed by atoms with Gasteiger partial charge in [0.2, 0.25) is 5.91 Å². The molecule has 0 spiro atoms. The second-order valence-corrected chi connectivity index (χ2v) is 6.78. The largest absolute Gasteiger partial charge is 0.351 e. The minimum atomic E-state index is -0.289. The number of benzene rings is 1. The smallest absolute Gasteiger partial charge is 0.257 e. The zero-order chi connectivity index (χ0) is 18.7. The third kappa shape index (κ3) is 3.91. The molecule has 0 atom stereocenters. The molecule has 134 valence electrons. The van der Waals surface area contributed by atoms with Crippen molar-refractivity contribution in [3.05, 3.63) is 58.0 Å². The van der Waals surface area contributed by atoms with Crippen LogP contribution in [0.4, 0.5) is 5.69 Å². The molecule has 3 aromatic rings. The van der Waals surface area contributed by atoms with Gasteiger partial charge in [-0.1, -0.05) is 22.0 Å². The molecule has 0 saturated heterocycles. The summed E-state index contributed by atoms with van der Waals surface area (Å²) >= 11 is 3.38. The van der Waals surface area contributed by atoms with Crippen LogP contribution in [0.1, 0.15) is 28.0 Å². The van der Waals surface area contributed by atoms with Crippen LogP contribution in [0.3, 0.4) is 0 Å². The average molecular weight is 416 g/mol. The molecule has 7 nitrogen and oxygen atoms in total. The molecular weight excluding hydrogens is 398 g/mol. The van der Waals surface area contributed by atoms with Gasteiger partial charge in [0.25, 0.3) is 5.91 Å². The van der Waals surface area contributed by atoms with E-state index in [1.54, 1.807) is 29.9 Å². The van der Waals surface area contributed by atoms with Crippen LogP contribution in [-0.2, 0) is 4.79 Å². The molecule has 0 unspecified atom stereocenters. The minimum absolute atomic E-state index is 0.166. The summed E-state index contributed by atoms with van der Waals surface area (Å²) in [6.07, 6.45) is 3.52. The quantitative estimate of drug-likeness (QED) is 0.670. The second kappa shape index (κ2) is 7.65. The van der Waals surface area contributed by atoms with Gasteiger partial charge in [0.1, 0.15) is 5.56 Å². The Bertz CT molecular complexity index is 983. The van der Waals surface area contributed by atoms with Crippen molar-refractivity contribution >= 4 is 39.1 Å². The van der Waals surface area contributed by atoms with Gasteiger partial charge >= 0.3 is 0 Å². The first-order chi connectivity index (χ1) is 12.5. The highest BCUT2D eigenvalue weighted by atomic mass is 79.9. The molecule has 8 heteroatoms. The number of carbonyl (C=O) groups excluding carboxylic acids is 2. The molecule has 0 radical (unpaired) electrons. The molecule has 26 heavy (non-hydrogen) atoms. The lowest BCUT2D eigenvalue weighted by molar-refractivity contribution is -0.116. The van der Waals surface area contributed by atoms with Crippen LogP contribution >= 0.6 is 15.9 Å². The van der Waals surface area contributed by atoms with Crippen molar-refractivity contribution < 1.29 is 9.59 Å². The Morgan fingerprint density at radius 3 is 2.88 bits per heavy atom. The van der Waals surface area contributed by atoms with Gasteiger partial charge in [-0.05, 0) is 37.6 Å². The number of halogens is 1. The number of nitrogens with zero attached hydrogens (tertiary/aromatic N) is 3. The number of hydrogen-bond acceptors (Lipinski definition) is 4. The molecule has 1 aromatic carbocycles. The Labute approximate surface area is 158 Å². The molecule has 0 aliphatic heterocycles. The SMILES string of the molecule is Cc1ccc(Br)cc1NC(=O)CCNC(=O)c1c(C)nn2cccnc12. The van der Waals surface area contributed by atoms with E-state index < -0.39 is 0 Å². The van der Waals surface area contributed by atoms with E-state index in [1.807, 2.05) is 25.1 Å². The van der Waals surface area contributed by atoms with E-state index in [0.717, 1.165) is 15.7 Å². The van der Waals surface area contributed by atoms with Crippen LogP contribution in [0.25, 0.3) is 5.65 Å². The fourth-order valence-corrected chi connectivity index (χ4v) is 2.94. The number of anilines is 1. The first-order valence-electron chi connectivity index (χ1n) is 8.10. The van der Waals surface area contributed by atoms with Crippen molar-refractivity contribution in [2.45, 2.75) is 20.3 Å². The second-order valence-electron chi connectivity index (χ2n) is 5.86. The molecule has 0 fully saturated rings. The van der Waals surface area contributed by atoms with Crippen LogP contribution in [0.2, 0.25) is 0 Å². The van der Waals surface area contributed by atoms with Crippen molar-refractivity contribution in [3.8, 4) is 0 Å². The number of hydrogen-bond donors (Lipinski definition) is 2. The fraction of sp³-hybridized carbons (Fsp3) is 0.222. The zero-order valence-corrected chi connectivity index (χ0v) is 16.0. The van der Waals surface area contributed by atoms with Crippen LogP contribution < -0.4 is 10.6 Å². The van der Waals surface area contributed by atoms with Crippen LogP contribution in [0.5, 0.6) is 0 Å². The van der Waals surface area contributed by atoms with Gasteiger partial charge in [-0.2, -0.15) is 5.10 Å². The molecular formula is C18H18BrN5O2. The Kier molecular flexibility index (Phi) is 5.32. The summed E-state index contributed by atoms with van der Waals surface area (Å²) in [5, 5.41) is 9.87. The van der Waals surface area contributed by atoms with E-state index in [2.05, 4.69) is 36.6 Å². The Balaban J connectivity index is 1.59. The molecule has 2 heterocycles. The lowest BCUT2D eigenvalue weighted by Gasteiger charge is -2.09. The van der Waals surface area contributed by atoms with E-state index in [9.17, 15) is 9.59 Å². The van der Waals surface area contributed by atoms with Gasteiger partial charge < -0.3 is 10.6 Å². The third-order valence-corrected chi connectivity index (χ3v) is 4.40. The Hall–Kier alpha value is -2.74. The first kappa shape index (κ1) is 18.1. The molecule has 3 rings (SSSR count). The normalized spacial score (nSPS) is 10.7. The van der Waals surface area contributed by atoms with E-state index in [1.165, 1.54) is 0 Å². The number of rotatable bonds is 5. The predicted octanol–water partition coefficient (Wildman–Crippen LogP) is 2.87. The Morgan fingerprint density at radius 2 is 2.08 bits per heavy atom. The number of carbonyl (C=O) groups is 2. The number of amides is 2. The van der Waals surface area contributed by atoms with Gasteiger partial charge in [-0.3, -0.25) is 9.59 Å². The van der Waals surface area contributed by atoms with E-state index in [-0.39, 0.29) is 24.8 Å². The molecule has 0 aliphatic rings. The van der Waals surface area contributed by atoms with Gasteiger partial charge in [0.05, 0.1) is 5.69 Å². The van der Waals surface area contributed by atoms with Crippen molar-refractivity contribution in [1.82, 2.24) is 19.9 Å². The lowest BCUT2D eigenvalue weighted by Crippen LogP contribution is -2.28. The molecule has 2 aromatic heterocycles. The summed E-state index contributed by atoms with van der Waals surface area (Å²) < 4.78 is 2.45. The highest BCUT2D eigenvalue weighted by molar-refractivity contribution is 9.10. The molecule has 0 aliphatic carbocycles. The average Bonchev–Trinajstić information content (AvgIpc) is 2.93. The number of aryl methyl sites for hydroxylation is 2. The molecule has 2 amide bonds.